The minimum absolute atomic E-state index is 0.135. The van der Waals surface area contributed by atoms with Crippen LogP contribution in [0, 0.1) is 0 Å². The lowest BCUT2D eigenvalue weighted by Gasteiger charge is -2.09. The molecule has 2 aromatic rings. The van der Waals surface area contributed by atoms with E-state index < -0.39 is 0 Å². The summed E-state index contributed by atoms with van der Waals surface area (Å²) in [5.74, 6) is -0.167. The van der Waals surface area contributed by atoms with Gasteiger partial charge in [0, 0.05) is 13.5 Å². The molecule has 0 aliphatic carbocycles. The van der Waals surface area contributed by atoms with Gasteiger partial charge in [0.1, 0.15) is 11.5 Å². The number of rotatable bonds is 6. The third kappa shape index (κ3) is 5.09. The molecule has 7 heteroatoms. The van der Waals surface area contributed by atoms with Gasteiger partial charge >= 0.3 is 0 Å². The van der Waals surface area contributed by atoms with Gasteiger partial charge in [0.15, 0.2) is 5.78 Å². The van der Waals surface area contributed by atoms with Crippen molar-refractivity contribution < 1.29 is 19.4 Å². The van der Waals surface area contributed by atoms with Crippen LogP contribution in [0.4, 0.5) is 0 Å². The van der Waals surface area contributed by atoms with E-state index in [1.165, 1.54) is 20.1 Å². The number of ketones is 1. The summed E-state index contributed by atoms with van der Waals surface area (Å²) in [6, 6.07) is 8.33. The molecule has 1 amide bonds. The molecule has 0 atom stereocenters. The van der Waals surface area contributed by atoms with Gasteiger partial charge in [0.05, 0.1) is 22.2 Å². The molecule has 0 aliphatic heterocycles. The number of phenolic OH excluding ortho intramolecular Hbond substituents is 1. The average Bonchev–Trinajstić information content (AvgIpc) is 2.60. The lowest BCUT2D eigenvalue weighted by molar-refractivity contribution is -0.119. The molecule has 2 aromatic carbocycles. The van der Waals surface area contributed by atoms with Gasteiger partial charge in [-0.05, 0) is 57.4 Å². The number of benzene rings is 2. The second kappa shape index (κ2) is 8.87. The molecule has 2 rings (SSSR count). The summed E-state index contributed by atoms with van der Waals surface area (Å²) in [6.07, 6.45) is 2.95. The van der Waals surface area contributed by atoms with Gasteiger partial charge in [-0.25, -0.2) is 0 Å². The highest BCUT2D eigenvalue weighted by atomic mass is 79.9. The molecule has 0 saturated carbocycles. The standard InChI is InChI=1S/C19H17BrClNO4/c1-11(23)22-10-13-7-14(19(25)15(20)8-13)17(24)5-3-12-4-6-18(26-2)16(21)9-12/h3-9,25H,10H2,1-2H3,(H,22,23)/b5-3+. The Kier molecular flexibility index (Phi) is 6.83. The fraction of sp³-hybridized carbons (Fsp3) is 0.158. The zero-order chi connectivity index (χ0) is 19.3. The van der Waals surface area contributed by atoms with Gasteiger partial charge in [-0.1, -0.05) is 23.7 Å². The number of hydrogen-bond acceptors (Lipinski definition) is 4. The summed E-state index contributed by atoms with van der Waals surface area (Å²) in [7, 11) is 1.52. The summed E-state index contributed by atoms with van der Waals surface area (Å²) in [4.78, 5) is 23.5. The maximum atomic E-state index is 12.5. The Hall–Kier alpha value is -2.31. The summed E-state index contributed by atoms with van der Waals surface area (Å²) in [6.45, 7) is 1.66. The molecule has 0 spiro atoms. The molecule has 2 N–H and O–H groups in total. The first-order valence-corrected chi connectivity index (χ1v) is 8.80. The van der Waals surface area contributed by atoms with Gasteiger partial charge in [-0.2, -0.15) is 0 Å². The van der Waals surface area contributed by atoms with Crippen LogP contribution in [0.2, 0.25) is 5.02 Å². The maximum absolute atomic E-state index is 12.5. The number of amides is 1. The lowest BCUT2D eigenvalue weighted by atomic mass is 10.0. The number of methoxy groups -OCH3 is 1. The van der Waals surface area contributed by atoms with Crippen LogP contribution in [0.1, 0.15) is 28.4 Å². The number of phenols is 1. The quantitative estimate of drug-likeness (QED) is 0.519. The minimum atomic E-state index is -0.375. The van der Waals surface area contributed by atoms with Crippen molar-refractivity contribution in [1.82, 2.24) is 5.32 Å². The van der Waals surface area contributed by atoms with E-state index in [1.54, 1.807) is 36.4 Å². The van der Waals surface area contributed by atoms with Crippen molar-refractivity contribution in [2.24, 2.45) is 0 Å². The van der Waals surface area contributed by atoms with Gasteiger partial charge in [0.25, 0.3) is 0 Å². The average molecular weight is 439 g/mol. The first-order chi connectivity index (χ1) is 12.3. The summed E-state index contributed by atoms with van der Waals surface area (Å²) in [5.41, 5.74) is 1.54. The number of aromatic hydroxyl groups is 1. The highest BCUT2D eigenvalue weighted by Crippen LogP contribution is 2.30. The van der Waals surface area contributed by atoms with Crippen LogP contribution in [0.5, 0.6) is 11.5 Å². The zero-order valence-corrected chi connectivity index (χ0v) is 16.5. The largest absolute Gasteiger partial charge is 0.506 e. The topological polar surface area (TPSA) is 75.6 Å². The van der Waals surface area contributed by atoms with E-state index in [0.717, 1.165) is 5.56 Å². The van der Waals surface area contributed by atoms with E-state index in [0.29, 0.717) is 20.8 Å². The Morgan fingerprint density at radius 3 is 2.65 bits per heavy atom. The number of allylic oxidation sites excluding steroid dienone is 1. The van der Waals surface area contributed by atoms with Crippen LogP contribution in [0.25, 0.3) is 6.08 Å². The van der Waals surface area contributed by atoms with Crippen LogP contribution >= 0.6 is 27.5 Å². The molecular formula is C19H17BrClNO4. The second-order valence-corrected chi connectivity index (χ2v) is 6.74. The van der Waals surface area contributed by atoms with Crippen molar-refractivity contribution >= 4 is 45.3 Å². The highest BCUT2D eigenvalue weighted by molar-refractivity contribution is 9.10. The van der Waals surface area contributed by atoms with E-state index >= 15 is 0 Å². The maximum Gasteiger partial charge on any atom is 0.217 e. The number of nitrogens with one attached hydrogen (secondary N) is 1. The highest BCUT2D eigenvalue weighted by Gasteiger charge is 2.14. The van der Waals surface area contributed by atoms with Crippen LogP contribution in [-0.4, -0.2) is 23.9 Å². The molecule has 5 nitrogen and oxygen atoms in total. The van der Waals surface area contributed by atoms with E-state index in [1.807, 2.05) is 0 Å². The Morgan fingerprint density at radius 1 is 1.31 bits per heavy atom. The van der Waals surface area contributed by atoms with Crippen molar-refractivity contribution in [3.05, 3.63) is 62.6 Å². The molecule has 0 unspecified atom stereocenters. The number of carbonyl (C=O) groups is 2. The smallest absolute Gasteiger partial charge is 0.217 e. The number of ether oxygens (including phenoxy) is 1. The van der Waals surface area contributed by atoms with Crippen molar-refractivity contribution in [3.8, 4) is 11.5 Å². The summed E-state index contributed by atoms with van der Waals surface area (Å²) < 4.78 is 5.46. The third-order valence-corrected chi connectivity index (χ3v) is 4.43. The lowest BCUT2D eigenvalue weighted by Crippen LogP contribution is -2.19. The molecule has 0 saturated heterocycles. The van der Waals surface area contributed by atoms with Crippen molar-refractivity contribution in [3.63, 3.8) is 0 Å². The number of carbonyl (C=O) groups excluding carboxylic acids is 2. The first-order valence-electron chi connectivity index (χ1n) is 7.63. The summed E-state index contributed by atoms with van der Waals surface area (Å²) in [5, 5.41) is 13.2. The number of hydrogen-bond donors (Lipinski definition) is 2. The van der Waals surface area contributed by atoms with Crippen LogP contribution in [0.3, 0.4) is 0 Å². The fourth-order valence-corrected chi connectivity index (χ4v) is 2.99. The van der Waals surface area contributed by atoms with Crippen molar-refractivity contribution in [1.29, 1.82) is 0 Å². The van der Waals surface area contributed by atoms with Gasteiger partial charge < -0.3 is 15.2 Å². The van der Waals surface area contributed by atoms with Crippen molar-refractivity contribution in [2.75, 3.05) is 7.11 Å². The molecule has 0 heterocycles. The predicted octanol–water partition coefficient (Wildman–Crippen LogP) is 4.35. The van der Waals surface area contributed by atoms with Crippen LogP contribution < -0.4 is 10.1 Å². The molecule has 0 radical (unpaired) electrons. The molecule has 26 heavy (non-hydrogen) atoms. The molecule has 0 fully saturated rings. The SMILES string of the molecule is COc1ccc(/C=C/C(=O)c2cc(CNC(C)=O)cc(Br)c2O)cc1Cl. The van der Waals surface area contributed by atoms with Crippen LogP contribution in [0.15, 0.2) is 40.9 Å². The second-order valence-electron chi connectivity index (χ2n) is 5.48. The predicted molar refractivity (Wildman–Crippen MR) is 105 cm³/mol. The molecular weight excluding hydrogens is 422 g/mol. The minimum Gasteiger partial charge on any atom is -0.506 e. The van der Waals surface area contributed by atoms with Crippen LogP contribution in [-0.2, 0) is 11.3 Å². The van der Waals surface area contributed by atoms with Gasteiger partial charge in [-0.3, -0.25) is 9.59 Å². The van der Waals surface area contributed by atoms with E-state index in [2.05, 4.69) is 21.2 Å². The van der Waals surface area contributed by atoms with E-state index in [4.69, 9.17) is 16.3 Å². The number of halogens is 2. The normalized spacial score (nSPS) is 10.8. The monoisotopic (exact) mass is 437 g/mol. The van der Waals surface area contributed by atoms with E-state index in [-0.39, 0.29) is 29.5 Å². The molecule has 0 bridgehead atoms. The Bertz CT molecular complexity index is 880. The zero-order valence-electron chi connectivity index (χ0n) is 14.2. The molecule has 0 aromatic heterocycles. The van der Waals surface area contributed by atoms with Crippen molar-refractivity contribution in [2.45, 2.75) is 13.5 Å². The fourth-order valence-electron chi connectivity index (χ4n) is 2.22. The Balaban J connectivity index is 2.25. The first kappa shape index (κ1) is 20.0. The summed E-state index contributed by atoms with van der Waals surface area (Å²) >= 11 is 9.29. The van der Waals surface area contributed by atoms with Gasteiger partial charge in [-0.15, -0.1) is 0 Å². The van der Waals surface area contributed by atoms with E-state index in [9.17, 15) is 14.7 Å². The molecule has 0 aliphatic rings. The third-order valence-electron chi connectivity index (χ3n) is 3.53. The van der Waals surface area contributed by atoms with Gasteiger partial charge in [0.2, 0.25) is 5.91 Å². The molecule has 136 valence electrons. The Morgan fingerprint density at radius 2 is 2.04 bits per heavy atom. The Labute approximate surface area is 164 Å².